The van der Waals surface area contributed by atoms with Gasteiger partial charge in [0, 0.05) is 6.54 Å². The van der Waals surface area contributed by atoms with E-state index < -0.39 is 5.97 Å². The summed E-state index contributed by atoms with van der Waals surface area (Å²) in [5, 5.41) is 12.1. The molecule has 0 saturated carbocycles. The first-order valence-corrected chi connectivity index (χ1v) is 4.30. The van der Waals surface area contributed by atoms with Crippen molar-refractivity contribution < 1.29 is 9.90 Å². The predicted molar refractivity (Wildman–Crippen MR) is 52.8 cm³/mol. The second-order valence-electron chi connectivity index (χ2n) is 2.62. The minimum absolute atomic E-state index is 0.0889. The number of rotatable bonds is 6. The largest absolute Gasteiger partial charge is 0.477 e. The van der Waals surface area contributed by atoms with Gasteiger partial charge in [-0.3, -0.25) is 0 Å². The van der Waals surface area contributed by atoms with Crippen LogP contribution in [0.2, 0.25) is 0 Å². The van der Waals surface area contributed by atoms with Crippen LogP contribution < -0.4 is 5.43 Å². The summed E-state index contributed by atoms with van der Waals surface area (Å²) in [5.41, 5.74) is 2.79. The zero-order chi connectivity index (χ0) is 10.1. The fourth-order valence-corrected chi connectivity index (χ4v) is 0.688. The van der Waals surface area contributed by atoms with Crippen molar-refractivity contribution in [1.82, 2.24) is 5.43 Å². The van der Waals surface area contributed by atoms with E-state index in [0.717, 1.165) is 12.8 Å². The standard InChI is InChI=1S/C9H16N2O2/c1-3-4-5-6-7-10-11-8(2)9(12)13/h3-4,10H,5-7H2,1-2H3,(H,12,13). The first-order valence-electron chi connectivity index (χ1n) is 4.30. The third kappa shape index (κ3) is 7.05. The van der Waals surface area contributed by atoms with Crippen LogP contribution in [0.4, 0.5) is 0 Å². The van der Waals surface area contributed by atoms with E-state index in [-0.39, 0.29) is 5.71 Å². The molecule has 0 unspecified atom stereocenters. The number of hydrazone groups is 1. The number of nitrogens with one attached hydrogen (secondary N) is 1. The van der Waals surface area contributed by atoms with E-state index in [1.165, 1.54) is 6.92 Å². The van der Waals surface area contributed by atoms with Crippen LogP contribution in [0.3, 0.4) is 0 Å². The van der Waals surface area contributed by atoms with Crippen LogP contribution in [-0.4, -0.2) is 23.3 Å². The molecule has 74 valence electrons. The van der Waals surface area contributed by atoms with Crippen LogP contribution in [0, 0.1) is 0 Å². The van der Waals surface area contributed by atoms with E-state index >= 15 is 0 Å². The number of nitrogens with zero attached hydrogens (tertiary/aromatic N) is 1. The van der Waals surface area contributed by atoms with Crippen molar-refractivity contribution in [2.45, 2.75) is 26.7 Å². The topological polar surface area (TPSA) is 61.7 Å². The van der Waals surface area contributed by atoms with Crippen molar-refractivity contribution in [2.24, 2.45) is 5.10 Å². The van der Waals surface area contributed by atoms with Gasteiger partial charge in [0.1, 0.15) is 5.71 Å². The van der Waals surface area contributed by atoms with Gasteiger partial charge in [0.05, 0.1) is 0 Å². The Labute approximate surface area is 78.3 Å². The molecular formula is C9H16N2O2. The van der Waals surface area contributed by atoms with Gasteiger partial charge in [0.2, 0.25) is 0 Å². The van der Waals surface area contributed by atoms with E-state index in [0.29, 0.717) is 6.54 Å². The summed E-state index contributed by atoms with van der Waals surface area (Å²) in [7, 11) is 0. The molecule has 0 rings (SSSR count). The lowest BCUT2D eigenvalue weighted by Crippen LogP contribution is -2.15. The highest BCUT2D eigenvalue weighted by atomic mass is 16.4. The highest BCUT2D eigenvalue weighted by molar-refractivity contribution is 6.34. The summed E-state index contributed by atoms with van der Waals surface area (Å²) < 4.78 is 0. The summed E-state index contributed by atoms with van der Waals surface area (Å²) in [6, 6.07) is 0. The van der Waals surface area contributed by atoms with Gasteiger partial charge < -0.3 is 10.5 Å². The maximum Gasteiger partial charge on any atom is 0.351 e. The molecule has 0 radical (unpaired) electrons. The number of carbonyl (C=O) groups is 1. The van der Waals surface area contributed by atoms with E-state index in [1.54, 1.807) is 0 Å². The van der Waals surface area contributed by atoms with Crippen molar-refractivity contribution in [3.8, 4) is 0 Å². The molecule has 0 fully saturated rings. The molecule has 0 aromatic carbocycles. The Balaban J connectivity index is 3.44. The smallest absolute Gasteiger partial charge is 0.351 e. The molecule has 4 heteroatoms. The molecule has 0 atom stereocenters. The van der Waals surface area contributed by atoms with E-state index in [1.807, 2.05) is 13.0 Å². The van der Waals surface area contributed by atoms with Crippen LogP contribution in [0.15, 0.2) is 17.3 Å². The van der Waals surface area contributed by atoms with Crippen molar-refractivity contribution in [2.75, 3.05) is 6.54 Å². The molecule has 0 aliphatic carbocycles. The van der Waals surface area contributed by atoms with Crippen LogP contribution in [-0.2, 0) is 4.79 Å². The van der Waals surface area contributed by atoms with Crippen LogP contribution in [0.5, 0.6) is 0 Å². The molecular weight excluding hydrogens is 168 g/mol. The molecule has 4 nitrogen and oxygen atoms in total. The molecule has 13 heavy (non-hydrogen) atoms. The van der Waals surface area contributed by atoms with Gasteiger partial charge in [-0.05, 0) is 26.7 Å². The number of unbranched alkanes of at least 4 members (excludes halogenated alkanes) is 1. The van der Waals surface area contributed by atoms with Gasteiger partial charge in [-0.25, -0.2) is 4.79 Å². The number of carboxylic acid groups (broad SMARTS) is 1. The third-order valence-electron chi connectivity index (χ3n) is 1.45. The lowest BCUT2D eigenvalue weighted by Gasteiger charge is -1.98. The second kappa shape index (κ2) is 7.34. The number of aliphatic carboxylic acids is 1. The summed E-state index contributed by atoms with van der Waals surface area (Å²) >= 11 is 0. The molecule has 0 aromatic rings. The molecule has 0 spiro atoms. The Morgan fingerprint density at radius 2 is 2.31 bits per heavy atom. The van der Waals surface area contributed by atoms with Crippen LogP contribution in [0.25, 0.3) is 0 Å². The third-order valence-corrected chi connectivity index (χ3v) is 1.45. The summed E-state index contributed by atoms with van der Waals surface area (Å²) in [4.78, 5) is 10.3. The Morgan fingerprint density at radius 3 is 2.85 bits per heavy atom. The Hall–Kier alpha value is -1.32. The van der Waals surface area contributed by atoms with Gasteiger partial charge >= 0.3 is 5.97 Å². The molecule has 0 aliphatic heterocycles. The average molecular weight is 184 g/mol. The van der Waals surface area contributed by atoms with Gasteiger partial charge in [0.25, 0.3) is 0 Å². The second-order valence-corrected chi connectivity index (χ2v) is 2.62. The van der Waals surface area contributed by atoms with Crippen molar-refractivity contribution in [3.63, 3.8) is 0 Å². The molecule has 0 amide bonds. The van der Waals surface area contributed by atoms with Crippen molar-refractivity contribution >= 4 is 11.7 Å². The normalized spacial score (nSPS) is 12.0. The minimum atomic E-state index is -0.985. The maximum absolute atomic E-state index is 10.3. The molecule has 0 aromatic heterocycles. The first-order chi connectivity index (χ1) is 6.18. The van der Waals surface area contributed by atoms with Crippen molar-refractivity contribution in [1.29, 1.82) is 0 Å². The molecule has 2 N–H and O–H groups in total. The maximum atomic E-state index is 10.3. The van der Waals surface area contributed by atoms with E-state index in [9.17, 15) is 4.79 Å². The number of hydrogen-bond acceptors (Lipinski definition) is 3. The fraction of sp³-hybridized carbons (Fsp3) is 0.556. The summed E-state index contributed by atoms with van der Waals surface area (Å²) in [6.07, 6.45) is 6.01. The van der Waals surface area contributed by atoms with E-state index in [4.69, 9.17) is 5.11 Å². The summed E-state index contributed by atoms with van der Waals surface area (Å²) in [6.45, 7) is 4.14. The number of allylic oxidation sites excluding steroid dienone is 2. The highest BCUT2D eigenvalue weighted by Crippen LogP contribution is 1.88. The molecule has 0 saturated heterocycles. The van der Waals surface area contributed by atoms with Gasteiger partial charge in [-0.2, -0.15) is 5.10 Å². The van der Waals surface area contributed by atoms with Gasteiger partial charge in [-0.15, -0.1) is 0 Å². The Morgan fingerprint density at radius 1 is 1.62 bits per heavy atom. The zero-order valence-corrected chi connectivity index (χ0v) is 8.08. The molecule has 0 aliphatic rings. The molecule has 0 bridgehead atoms. The first kappa shape index (κ1) is 11.7. The van der Waals surface area contributed by atoms with Crippen LogP contribution in [0.1, 0.15) is 26.7 Å². The lowest BCUT2D eigenvalue weighted by atomic mass is 10.3. The Bertz CT molecular complexity index is 210. The SMILES string of the molecule is CC=CCCCNN=C(C)C(=O)O. The van der Waals surface area contributed by atoms with Crippen molar-refractivity contribution in [3.05, 3.63) is 12.2 Å². The number of carboxylic acids is 1. The number of hydrogen-bond donors (Lipinski definition) is 2. The highest BCUT2D eigenvalue weighted by Gasteiger charge is 1.99. The van der Waals surface area contributed by atoms with Gasteiger partial charge in [0.15, 0.2) is 0 Å². The average Bonchev–Trinajstić information content (AvgIpc) is 2.10. The minimum Gasteiger partial charge on any atom is -0.477 e. The predicted octanol–water partition coefficient (Wildman–Crippen LogP) is 1.39. The quantitative estimate of drug-likeness (QED) is 0.284. The monoisotopic (exact) mass is 184 g/mol. The Kier molecular flexibility index (Phi) is 6.59. The summed E-state index contributed by atoms with van der Waals surface area (Å²) in [5.74, 6) is -0.985. The molecule has 0 heterocycles. The zero-order valence-electron chi connectivity index (χ0n) is 8.08. The van der Waals surface area contributed by atoms with Gasteiger partial charge in [-0.1, -0.05) is 12.2 Å². The van der Waals surface area contributed by atoms with E-state index in [2.05, 4.69) is 16.6 Å². The van der Waals surface area contributed by atoms with Crippen LogP contribution >= 0.6 is 0 Å². The fourth-order valence-electron chi connectivity index (χ4n) is 0.688. The lowest BCUT2D eigenvalue weighted by molar-refractivity contribution is -0.129.